The molecule has 134 valence electrons. The Morgan fingerprint density at radius 2 is 1.88 bits per heavy atom. The topological polar surface area (TPSA) is 153 Å². The zero-order valence-electron chi connectivity index (χ0n) is 13.3. The SMILES string of the molecule is C=C(C)[C@H]1CNC(C(=O)O)[C@H]1CC(=O)NC(CCC(=O)O)C(=O)O. The van der Waals surface area contributed by atoms with Gasteiger partial charge in [-0.25, -0.2) is 4.79 Å². The molecule has 0 aromatic heterocycles. The minimum absolute atomic E-state index is 0.182. The molecule has 0 aliphatic carbocycles. The van der Waals surface area contributed by atoms with Crippen LogP contribution in [0.2, 0.25) is 0 Å². The molecule has 0 aromatic rings. The maximum Gasteiger partial charge on any atom is 0.326 e. The fraction of sp³-hybridized carbons (Fsp3) is 0.600. The highest BCUT2D eigenvalue weighted by molar-refractivity contribution is 5.85. The first-order chi connectivity index (χ1) is 11.1. The van der Waals surface area contributed by atoms with Gasteiger partial charge < -0.3 is 26.0 Å². The highest BCUT2D eigenvalue weighted by atomic mass is 16.4. The van der Waals surface area contributed by atoms with E-state index in [0.29, 0.717) is 6.54 Å². The number of hydrogen-bond donors (Lipinski definition) is 5. The molecule has 0 bridgehead atoms. The Hall–Kier alpha value is -2.42. The molecule has 1 amide bonds. The lowest BCUT2D eigenvalue weighted by molar-refractivity contribution is -0.144. The van der Waals surface area contributed by atoms with Gasteiger partial charge in [-0.05, 0) is 19.3 Å². The van der Waals surface area contributed by atoms with Gasteiger partial charge in [0.05, 0.1) is 0 Å². The monoisotopic (exact) mass is 342 g/mol. The van der Waals surface area contributed by atoms with Gasteiger partial charge in [-0.1, -0.05) is 12.2 Å². The third kappa shape index (κ3) is 5.34. The molecule has 9 heteroatoms. The van der Waals surface area contributed by atoms with Crippen molar-refractivity contribution in [3.05, 3.63) is 12.2 Å². The Bertz CT molecular complexity index is 524. The van der Waals surface area contributed by atoms with Crippen molar-refractivity contribution in [1.29, 1.82) is 0 Å². The van der Waals surface area contributed by atoms with Crippen LogP contribution in [0.3, 0.4) is 0 Å². The van der Waals surface area contributed by atoms with Crippen LogP contribution >= 0.6 is 0 Å². The second kappa shape index (κ2) is 8.44. The van der Waals surface area contributed by atoms with Crippen molar-refractivity contribution in [1.82, 2.24) is 10.6 Å². The van der Waals surface area contributed by atoms with Gasteiger partial charge in [-0.2, -0.15) is 0 Å². The van der Waals surface area contributed by atoms with E-state index < -0.39 is 48.2 Å². The van der Waals surface area contributed by atoms with Gasteiger partial charge in [-0.3, -0.25) is 14.4 Å². The van der Waals surface area contributed by atoms with Crippen LogP contribution in [-0.2, 0) is 19.2 Å². The van der Waals surface area contributed by atoms with Crippen molar-refractivity contribution < 1.29 is 34.5 Å². The summed E-state index contributed by atoms with van der Waals surface area (Å²) in [4.78, 5) is 45.0. The zero-order valence-corrected chi connectivity index (χ0v) is 13.3. The van der Waals surface area contributed by atoms with E-state index in [4.69, 9.17) is 10.2 Å². The third-order valence-corrected chi connectivity index (χ3v) is 4.10. The maximum atomic E-state index is 12.1. The van der Waals surface area contributed by atoms with E-state index in [1.807, 2.05) is 0 Å². The van der Waals surface area contributed by atoms with Crippen LogP contribution < -0.4 is 10.6 Å². The molecule has 2 unspecified atom stereocenters. The molecule has 1 heterocycles. The smallest absolute Gasteiger partial charge is 0.326 e. The van der Waals surface area contributed by atoms with Gasteiger partial charge in [-0.15, -0.1) is 0 Å². The number of carbonyl (C=O) groups is 4. The van der Waals surface area contributed by atoms with E-state index in [0.717, 1.165) is 5.57 Å². The third-order valence-electron chi connectivity index (χ3n) is 4.10. The summed E-state index contributed by atoms with van der Waals surface area (Å²) in [6, 6.07) is -2.24. The van der Waals surface area contributed by atoms with E-state index in [1.165, 1.54) is 0 Å². The van der Waals surface area contributed by atoms with Crippen molar-refractivity contribution in [3.63, 3.8) is 0 Å². The second-order valence-corrected chi connectivity index (χ2v) is 5.94. The van der Waals surface area contributed by atoms with Crippen LogP contribution in [-0.4, -0.2) is 57.8 Å². The van der Waals surface area contributed by atoms with Gasteiger partial charge in [0.2, 0.25) is 5.91 Å². The quantitative estimate of drug-likeness (QED) is 0.357. The number of hydrogen-bond acceptors (Lipinski definition) is 5. The summed E-state index contributed by atoms with van der Waals surface area (Å²) in [5.41, 5.74) is 0.740. The lowest BCUT2D eigenvalue weighted by Crippen LogP contribution is -2.44. The largest absolute Gasteiger partial charge is 0.481 e. The standard InChI is InChI=1S/C15H22N2O7/c1-7(2)9-6-16-13(15(23)24)8(9)5-11(18)17-10(14(21)22)3-4-12(19)20/h8-10,13,16H,1,3-6H2,2H3,(H,17,18)(H,19,20)(H,21,22)(H,23,24)/t8-,9+,10?,13?/m0/s1. The molecule has 1 aliphatic heterocycles. The van der Waals surface area contributed by atoms with Crippen molar-refractivity contribution in [2.75, 3.05) is 6.54 Å². The normalized spacial score (nSPS) is 24.1. The Morgan fingerprint density at radius 1 is 1.25 bits per heavy atom. The molecule has 0 aromatic carbocycles. The summed E-state index contributed by atoms with van der Waals surface area (Å²) in [5.74, 6) is -4.96. The minimum atomic E-state index is -1.33. The summed E-state index contributed by atoms with van der Waals surface area (Å²) in [6.07, 6.45) is -0.821. The van der Waals surface area contributed by atoms with Gasteiger partial charge in [0.25, 0.3) is 0 Å². The molecule has 0 radical (unpaired) electrons. The van der Waals surface area contributed by atoms with E-state index in [9.17, 15) is 24.3 Å². The van der Waals surface area contributed by atoms with Crippen LogP contribution in [0.4, 0.5) is 0 Å². The highest BCUT2D eigenvalue weighted by Crippen LogP contribution is 2.30. The van der Waals surface area contributed by atoms with Gasteiger partial charge >= 0.3 is 17.9 Å². The molecule has 1 saturated heterocycles. The van der Waals surface area contributed by atoms with Crippen LogP contribution in [0.5, 0.6) is 0 Å². The van der Waals surface area contributed by atoms with E-state index in [1.54, 1.807) is 6.92 Å². The molecule has 1 rings (SSSR count). The minimum Gasteiger partial charge on any atom is -0.481 e. The molecule has 9 nitrogen and oxygen atoms in total. The molecular weight excluding hydrogens is 320 g/mol. The lowest BCUT2D eigenvalue weighted by Gasteiger charge is -2.22. The van der Waals surface area contributed by atoms with Crippen LogP contribution in [0.15, 0.2) is 12.2 Å². The molecular formula is C15H22N2O7. The number of amides is 1. The molecule has 1 aliphatic rings. The van der Waals surface area contributed by atoms with Gasteiger partial charge in [0.15, 0.2) is 0 Å². The van der Waals surface area contributed by atoms with Gasteiger partial charge in [0.1, 0.15) is 12.1 Å². The fourth-order valence-electron chi connectivity index (χ4n) is 2.85. The second-order valence-electron chi connectivity index (χ2n) is 5.94. The number of rotatable bonds is 9. The number of carboxylic acids is 3. The molecule has 5 N–H and O–H groups in total. The Labute approximate surface area is 138 Å². The van der Waals surface area contributed by atoms with Crippen molar-refractivity contribution in [3.8, 4) is 0 Å². The van der Waals surface area contributed by atoms with Crippen molar-refractivity contribution >= 4 is 23.8 Å². The highest BCUT2D eigenvalue weighted by Gasteiger charge is 2.41. The first-order valence-corrected chi connectivity index (χ1v) is 7.49. The fourth-order valence-corrected chi connectivity index (χ4v) is 2.85. The van der Waals surface area contributed by atoms with E-state index >= 15 is 0 Å². The number of carbonyl (C=O) groups excluding carboxylic acids is 1. The molecule has 0 saturated carbocycles. The summed E-state index contributed by atoms with van der Waals surface area (Å²) in [7, 11) is 0. The maximum absolute atomic E-state index is 12.1. The predicted molar refractivity (Wildman–Crippen MR) is 82.3 cm³/mol. The van der Waals surface area contributed by atoms with Crippen LogP contribution in [0.1, 0.15) is 26.2 Å². The molecule has 1 fully saturated rings. The lowest BCUT2D eigenvalue weighted by atomic mass is 9.83. The number of carboxylic acid groups (broad SMARTS) is 3. The number of aliphatic carboxylic acids is 3. The average molecular weight is 342 g/mol. The summed E-state index contributed by atoms with van der Waals surface area (Å²) < 4.78 is 0. The molecule has 4 atom stereocenters. The Balaban J connectivity index is 2.74. The zero-order chi connectivity index (χ0) is 18.4. The Morgan fingerprint density at radius 3 is 2.33 bits per heavy atom. The first kappa shape index (κ1) is 19.6. The average Bonchev–Trinajstić information content (AvgIpc) is 2.86. The van der Waals surface area contributed by atoms with E-state index in [-0.39, 0.29) is 18.8 Å². The van der Waals surface area contributed by atoms with E-state index in [2.05, 4.69) is 17.2 Å². The first-order valence-electron chi connectivity index (χ1n) is 7.49. The predicted octanol–water partition coefficient (Wildman–Crippen LogP) is -0.324. The van der Waals surface area contributed by atoms with Crippen molar-refractivity contribution in [2.24, 2.45) is 11.8 Å². The summed E-state index contributed by atoms with van der Waals surface area (Å²) in [5, 5.41) is 32.0. The van der Waals surface area contributed by atoms with Crippen LogP contribution in [0, 0.1) is 11.8 Å². The van der Waals surface area contributed by atoms with Crippen molar-refractivity contribution in [2.45, 2.75) is 38.3 Å². The molecule has 0 spiro atoms. The molecule has 24 heavy (non-hydrogen) atoms. The van der Waals surface area contributed by atoms with Gasteiger partial charge in [0, 0.05) is 25.3 Å². The Kier molecular flexibility index (Phi) is 6.90. The number of nitrogens with one attached hydrogen (secondary N) is 2. The van der Waals surface area contributed by atoms with Crippen LogP contribution in [0.25, 0.3) is 0 Å². The summed E-state index contributed by atoms with van der Waals surface area (Å²) >= 11 is 0. The summed E-state index contributed by atoms with van der Waals surface area (Å²) in [6.45, 7) is 5.93.